The van der Waals surface area contributed by atoms with Crippen LogP contribution in [0, 0.1) is 11.8 Å². The molecular formula is C9H17N. The molecule has 0 bridgehead atoms. The first-order valence-electron chi connectivity index (χ1n) is 4.67. The molecule has 2 atom stereocenters. The third-order valence-electron chi connectivity index (χ3n) is 3.13. The molecule has 1 aliphatic carbocycles. The zero-order chi connectivity index (χ0) is 6.81. The monoisotopic (exact) mass is 139 g/mol. The van der Waals surface area contributed by atoms with E-state index in [9.17, 15) is 0 Å². The molecule has 0 aromatic heterocycles. The van der Waals surface area contributed by atoms with Crippen LogP contribution < -0.4 is 5.32 Å². The molecule has 0 spiro atoms. The van der Waals surface area contributed by atoms with Crippen molar-refractivity contribution in [2.75, 3.05) is 13.1 Å². The van der Waals surface area contributed by atoms with Gasteiger partial charge in [-0.3, -0.25) is 0 Å². The Bertz CT molecular complexity index is 99.3. The summed E-state index contributed by atoms with van der Waals surface area (Å²) in [5.74, 6) is 2.09. The highest BCUT2D eigenvalue weighted by Gasteiger charge is 2.27. The van der Waals surface area contributed by atoms with Crippen LogP contribution in [0.3, 0.4) is 0 Å². The molecule has 1 heterocycles. The highest BCUT2D eigenvalue weighted by molar-refractivity contribution is 4.82. The Hall–Kier alpha value is -0.0400. The van der Waals surface area contributed by atoms with Crippen LogP contribution in [0.5, 0.6) is 0 Å². The van der Waals surface area contributed by atoms with E-state index in [2.05, 4.69) is 5.32 Å². The largest absolute Gasteiger partial charge is 0.316 e. The van der Waals surface area contributed by atoms with Gasteiger partial charge in [-0.2, -0.15) is 0 Å². The van der Waals surface area contributed by atoms with Crippen molar-refractivity contribution in [2.45, 2.75) is 32.1 Å². The van der Waals surface area contributed by atoms with E-state index in [1.165, 1.54) is 45.2 Å². The SMILES string of the molecule is C1CCC2CNCC2CC1. The van der Waals surface area contributed by atoms with Gasteiger partial charge in [0.25, 0.3) is 0 Å². The number of hydrogen-bond donors (Lipinski definition) is 1. The van der Waals surface area contributed by atoms with Crippen LogP contribution in [-0.4, -0.2) is 13.1 Å². The van der Waals surface area contributed by atoms with Crippen molar-refractivity contribution < 1.29 is 0 Å². The quantitative estimate of drug-likeness (QED) is 0.539. The van der Waals surface area contributed by atoms with Crippen molar-refractivity contribution in [1.82, 2.24) is 5.32 Å². The summed E-state index contributed by atoms with van der Waals surface area (Å²) < 4.78 is 0. The minimum Gasteiger partial charge on any atom is -0.316 e. The maximum absolute atomic E-state index is 3.49. The molecule has 2 aliphatic rings. The minimum atomic E-state index is 1.04. The summed E-state index contributed by atoms with van der Waals surface area (Å²) in [4.78, 5) is 0. The van der Waals surface area contributed by atoms with Crippen LogP contribution in [0.15, 0.2) is 0 Å². The molecule has 58 valence electrons. The fraction of sp³-hybridized carbons (Fsp3) is 1.00. The van der Waals surface area contributed by atoms with Crippen LogP contribution >= 0.6 is 0 Å². The third-order valence-corrected chi connectivity index (χ3v) is 3.13. The average Bonchev–Trinajstić information content (AvgIpc) is 2.28. The molecule has 1 saturated carbocycles. The molecule has 1 heteroatoms. The molecule has 1 N–H and O–H groups in total. The van der Waals surface area contributed by atoms with Gasteiger partial charge < -0.3 is 5.32 Å². The first-order valence-corrected chi connectivity index (χ1v) is 4.67. The fourth-order valence-electron chi connectivity index (χ4n) is 2.45. The summed E-state index contributed by atoms with van der Waals surface area (Å²) in [5.41, 5.74) is 0. The predicted octanol–water partition coefficient (Wildman–Crippen LogP) is 1.79. The van der Waals surface area contributed by atoms with E-state index in [-0.39, 0.29) is 0 Å². The standard InChI is InChI=1S/C9H17N/c1-2-4-8-6-10-7-9(8)5-3-1/h8-10H,1-7H2. The first kappa shape index (κ1) is 6.66. The van der Waals surface area contributed by atoms with Gasteiger partial charge in [0.05, 0.1) is 0 Å². The number of rotatable bonds is 0. The van der Waals surface area contributed by atoms with E-state index in [1.54, 1.807) is 0 Å². The normalized spacial score (nSPS) is 40.8. The lowest BCUT2D eigenvalue weighted by atomic mass is 9.92. The van der Waals surface area contributed by atoms with Crippen LogP contribution in [-0.2, 0) is 0 Å². The van der Waals surface area contributed by atoms with Crippen molar-refractivity contribution in [3.63, 3.8) is 0 Å². The Kier molecular flexibility index (Phi) is 1.94. The zero-order valence-electron chi connectivity index (χ0n) is 6.60. The Morgan fingerprint density at radius 3 is 2.00 bits per heavy atom. The second-order valence-electron chi connectivity index (χ2n) is 3.82. The van der Waals surface area contributed by atoms with Gasteiger partial charge in [-0.1, -0.05) is 19.3 Å². The summed E-state index contributed by atoms with van der Waals surface area (Å²) in [7, 11) is 0. The Labute approximate surface area is 63.2 Å². The molecule has 1 saturated heterocycles. The summed E-state index contributed by atoms with van der Waals surface area (Å²) in [6.07, 6.45) is 7.47. The van der Waals surface area contributed by atoms with Gasteiger partial charge in [0.15, 0.2) is 0 Å². The van der Waals surface area contributed by atoms with Crippen molar-refractivity contribution >= 4 is 0 Å². The van der Waals surface area contributed by atoms with Gasteiger partial charge in [0.2, 0.25) is 0 Å². The van der Waals surface area contributed by atoms with E-state index in [4.69, 9.17) is 0 Å². The molecule has 2 unspecified atom stereocenters. The second kappa shape index (κ2) is 2.91. The van der Waals surface area contributed by atoms with Gasteiger partial charge in [0.1, 0.15) is 0 Å². The van der Waals surface area contributed by atoms with E-state index < -0.39 is 0 Å². The number of nitrogens with one attached hydrogen (secondary N) is 1. The molecule has 2 rings (SSSR count). The van der Waals surface area contributed by atoms with Crippen molar-refractivity contribution in [1.29, 1.82) is 0 Å². The van der Waals surface area contributed by atoms with Gasteiger partial charge in [0, 0.05) is 0 Å². The molecule has 1 nitrogen and oxygen atoms in total. The van der Waals surface area contributed by atoms with Gasteiger partial charge in [-0.05, 0) is 37.8 Å². The maximum atomic E-state index is 3.49. The van der Waals surface area contributed by atoms with E-state index in [1.807, 2.05) is 0 Å². The van der Waals surface area contributed by atoms with Crippen molar-refractivity contribution in [3.05, 3.63) is 0 Å². The third kappa shape index (κ3) is 1.20. The van der Waals surface area contributed by atoms with E-state index in [0.717, 1.165) is 11.8 Å². The molecule has 0 aromatic carbocycles. The Morgan fingerprint density at radius 1 is 0.800 bits per heavy atom. The highest BCUT2D eigenvalue weighted by Crippen LogP contribution is 2.30. The summed E-state index contributed by atoms with van der Waals surface area (Å²) >= 11 is 0. The molecule has 0 amide bonds. The maximum Gasteiger partial charge on any atom is -0.00173 e. The lowest BCUT2D eigenvalue weighted by molar-refractivity contribution is 0.397. The van der Waals surface area contributed by atoms with Crippen LogP contribution in [0.25, 0.3) is 0 Å². The molecule has 1 aliphatic heterocycles. The molecule has 10 heavy (non-hydrogen) atoms. The predicted molar refractivity (Wildman–Crippen MR) is 42.9 cm³/mol. The summed E-state index contributed by atoms with van der Waals surface area (Å²) in [6.45, 7) is 2.62. The lowest BCUT2D eigenvalue weighted by Gasteiger charge is -2.12. The number of fused-ring (bicyclic) bond motifs is 1. The topological polar surface area (TPSA) is 12.0 Å². The van der Waals surface area contributed by atoms with Crippen LogP contribution in [0.1, 0.15) is 32.1 Å². The summed E-state index contributed by atoms with van der Waals surface area (Å²) in [6, 6.07) is 0. The van der Waals surface area contributed by atoms with Crippen LogP contribution in [0.4, 0.5) is 0 Å². The Balaban J connectivity index is 1.95. The molecule has 2 fully saturated rings. The molecular weight excluding hydrogens is 122 g/mol. The van der Waals surface area contributed by atoms with Gasteiger partial charge in [-0.15, -0.1) is 0 Å². The van der Waals surface area contributed by atoms with Crippen molar-refractivity contribution in [2.24, 2.45) is 11.8 Å². The second-order valence-corrected chi connectivity index (χ2v) is 3.82. The number of hydrogen-bond acceptors (Lipinski definition) is 1. The fourth-order valence-corrected chi connectivity index (χ4v) is 2.45. The Morgan fingerprint density at radius 2 is 1.40 bits per heavy atom. The summed E-state index contributed by atoms with van der Waals surface area (Å²) in [5, 5.41) is 3.49. The van der Waals surface area contributed by atoms with E-state index in [0.29, 0.717) is 0 Å². The smallest absolute Gasteiger partial charge is 0.00173 e. The molecule has 0 radical (unpaired) electrons. The minimum absolute atomic E-state index is 1.04. The van der Waals surface area contributed by atoms with Gasteiger partial charge >= 0.3 is 0 Å². The first-order chi connectivity index (χ1) is 4.97. The van der Waals surface area contributed by atoms with Crippen LogP contribution in [0.2, 0.25) is 0 Å². The van der Waals surface area contributed by atoms with Crippen molar-refractivity contribution in [3.8, 4) is 0 Å². The average molecular weight is 139 g/mol. The highest BCUT2D eigenvalue weighted by atomic mass is 14.9. The molecule has 0 aromatic rings. The van der Waals surface area contributed by atoms with E-state index >= 15 is 0 Å². The zero-order valence-corrected chi connectivity index (χ0v) is 6.60. The lowest BCUT2D eigenvalue weighted by Crippen LogP contribution is -2.09. The van der Waals surface area contributed by atoms with Gasteiger partial charge in [-0.25, -0.2) is 0 Å².